The van der Waals surface area contributed by atoms with E-state index >= 15 is 0 Å². The summed E-state index contributed by atoms with van der Waals surface area (Å²) in [6, 6.07) is 15.9. The molecule has 0 spiro atoms. The average Bonchev–Trinajstić information content (AvgIpc) is 3.09. The predicted octanol–water partition coefficient (Wildman–Crippen LogP) is 2.61. The highest BCUT2D eigenvalue weighted by atomic mass is 16.3. The second-order valence-corrected chi connectivity index (χ2v) is 6.23. The Bertz CT molecular complexity index is 833. The van der Waals surface area contributed by atoms with Gasteiger partial charge in [-0.25, -0.2) is 9.67 Å². The molecular formula is C19H21N5O. The summed E-state index contributed by atoms with van der Waals surface area (Å²) in [5, 5.41) is 13.7. The summed E-state index contributed by atoms with van der Waals surface area (Å²) < 4.78 is 1.84. The van der Waals surface area contributed by atoms with Crippen LogP contribution < -0.4 is 9.80 Å². The molecule has 25 heavy (non-hydrogen) atoms. The van der Waals surface area contributed by atoms with Crippen molar-refractivity contribution in [3.8, 4) is 11.4 Å². The van der Waals surface area contributed by atoms with Gasteiger partial charge in [0, 0.05) is 37.6 Å². The predicted molar refractivity (Wildman–Crippen MR) is 98.6 cm³/mol. The van der Waals surface area contributed by atoms with Crippen LogP contribution >= 0.6 is 0 Å². The van der Waals surface area contributed by atoms with Gasteiger partial charge in [-0.15, -0.1) is 0 Å². The van der Waals surface area contributed by atoms with Crippen LogP contribution in [-0.2, 0) is 0 Å². The SMILES string of the molecule is Cc1ncnn1-c1ccc(N2CCN(c3ccc(O)cc3)CC2)cc1. The maximum Gasteiger partial charge on any atom is 0.138 e. The van der Waals surface area contributed by atoms with Crippen LogP contribution in [0.1, 0.15) is 5.82 Å². The molecule has 0 unspecified atom stereocenters. The zero-order chi connectivity index (χ0) is 17.2. The summed E-state index contributed by atoms with van der Waals surface area (Å²) >= 11 is 0. The Morgan fingerprint density at radius 1 is 0.760 bits per heavy atom. The van der Waals surface area contributed by atoms with E-state index in [1.165, 1.54) is 5.69 Å². The Morgan fingerprint density at radius 2 is 1.24 bits per heavy atom. The molecule has 6 nitrogen and oxygen atoms in total. The van der Waals surface area contributed by atoms with Crippen LogP contribution in [0.3, 0.4) is 0 Å². The van der Waals surface area contributed by atoms with Gasteiger partial charge < -0.3 is 14.9 Å². The molecular weight excluding hydrogens is 314 g/mol. The summed E-state index contributed by atoms with van der Waals surface area (Å²) in [5.74, 6) is 1.19. The van der Waals surface area contributed by atoms with E-state index in [9.17, 15) is 5.11 Å². The topological polar surface area (TPSA) is 57.4 Å². The number of anilines is 2. The van der Waals surface area contributed by atoms with E-state index in [4.69, 9.17) is 0 Å². The fraction of sp³-hybridized carbons (Fsp3) is 0.263. The Morgan fingerprint density at radius 3 is 1.72 bits per heavy atom. The lowest BCUT2D eigenvalue weighted by atomic mass is 10.2. The highest BCUT2D eigenvalue weighted by Crippen LogP contribution is 2.23. The van der Waals surface area contributed by atoms with Crippen molar-refractivity contribution in [3.05, 3.63) is 60.7 Å². The fourth-order valence-electron chi connectivity index (χ4n) is 3.24. The van der Waals surface area contributed by atoms with Crippen molar-refractivity contribution in [2.24, 2.45) is 0 Å². The summed E-state index contributed by atoms with van der Waals surface area (Å²) in [5.41, 5.74) is 3.42. The number of hydrogen-bond donors (Lipinski definition) is 1. The van der Waals surface area contributed by atoms with Crippen LogP contribution in [0.2, 0.25) is 0 Å². The van der Waals surface area contributed by atoms with Gasteiger partial charge in [-0.3, -0.25) is 0 Å². The van der Waals surface area contributed by atoms with Crippen molar-refractivity contribution in [3.63, 3.8) is 0 Å². The normalized spacial score (nSPS) is 14.8. The molecule has 6 heteroatoms. The quantitative estimate of drug-likeness (QED) is 0.797. The molecule has 2 heterocycles. The Hall–Kier alpha value is -3.02. The maximum atomic E-state index is 9.42. The number of piperazine rings is 1. The molecule has 0 radical (unpaired) electrons. The maximum absolute atomic E-state index is 9.42. The molecule has 2 aromatic carbocycles. The number of hydrogen-bond acceptors (Lipinski definition) is 5. The summed E-state index contributed by atoms with van der Waals surface area (Å²) in [7, 11) is 0. The number of phenols is 1. The molecule has 0 aliphatic carbocycles. The van der Waals surface area contributed by atoms with Crippen LogP contribution in [0.5, 0.6) is 5.75 Å². The minimum absolute atomic E-state index is 0.310. The zero-order valence-corrected chi connectivity index (χ0v) is 14.2. The fourth-order valence-corrected chi connectivity index (χ4v) is 3.24. The number of phenolic OH excluding ortho intramolecular Hbond substituents is 1. The lowest BCUT2D eigenvalue weighted by Gasteiger charge is -2.37. The molecule has 0 atom stereocenters. The minimum Gasteiger partial charge on any atom is -0.508 e. The van der Waals surface area contributed by atoms with Crippen molar-refractivity contribution < 1.29 is 5.11 Å². The Balaban J connectivity index is 1.42. The van der Waals surface area contributed by atoms with Gasteiger partial charge in [0.15, 0.2) is 0 Å². The molecule has 0 amide bonds. The number of rotatable bonds is 3. The van der Waals surface area contributed by atoms with Gasteiger partial charge in [0.05, 0.1) is 5.69 Å². The van der Waals surface area contributed by atoms with E-state index in [1.54, 1.807) is 18.5 Å². The first-order chi connectivity index (χ1) is 12.2. The number of aryl methyl sites for hydroxylation is 1. The molecule has 1 aromatic heterocycles. The molecule has 1 N–H and O–H groups in total. The summed E-state index contributed by atoms with van der Waals surface area (Å²) in [6.07, 6.45) is 1.58. The van der Waals surface area contributed by atoms with Gasteiger partial charge in [0.2, 0.25) is 0 Å². The first kappa shape index (κ1) is 15.5. The largest absolute Gasteiger partial charge is 0.508 e. The number of benzene rings is 2. The number of nitrogens with zero attached hydrogens (tertiary/aromatic N) is 5. The van der Waals surface area contributed by atoms with Gasteiger partial charge >= 0.3 is 0 Å². The first-order valence-corrected chi connectivity index (χ1v) is 8.47. The van der Waals surface area contributed by atoms with Crippen molar-refractivity contribution in [1.82, 2.24) is 14.8 Å². The summed E-state index contributed by atoms with van der Waals surface area (Å²) in [6.45, 7) is 5.83. The third kappa shape index (κ3) is 3.15. The highest BCUT2D eigenvalue weighted by Gasteiger charge is 2.17. The van der Waals surface area contributed by atoms with Gasteiger partial charge in [0.25, 0.3) is 0 Å². The Kier molecular flexibility index (Phi) is 4.01. The minimum atomic E-state index is 0.310. The van der Waals surface area contributed by atoms with Crippen molar-refractivity contribution in [2.45, 2.75) is 6.92 Å². The standard InChI is InChI=1S/C19H21N5O/c1-15-20-14-21-24(15)18-4-2-16(3-5-18)22-10-12-23(13-11-22)17-6-8-19(25)9-7-17/h2-9,14,25H,10-13H2,1H3. The van der Waals surface area contributed by atoms with E-state index in [1.807, 2.05) is 23.7 Å². The third-order valence-electron chi connectivity index (χ3n) is 4.67. The molecule has 1 saturated heterocycles. The molecule has 1 aliphatic heterocycles. The molecule has 3 aromatic rings. The van der Waals surface area contributed by atoms with Crippen LogP contribution in [0.15, 0.2) is 54.9 Å². The van der Waals surface area contributed by atoms with Crippen molar-refractivity contribution >= 4 is 11.4 Å². The van der Waals surface area contributed by atoms with E-state index in [0.29, 0.717) is 5.75 Å². The monoisotopic (exact) mass is 335 g/mol. The van der Waals surface area contributed by atoms with Gasteiger partial charge in [-0.2, -0.15) is 5.10 Å². The zero-order valence-electron chi connectivity index (χ0n) is 14.2. The van der Waals surface area contributed by atoms with Crippen LogP contribution in [0, 0.1) is 6.92 Å². The lowest BCUT2D eigenvalue weighted by molar-refractivity contribution is 0.475. The molecule has 1 fully saturated rings. The van der Waals surface area contributed by atoms with E-state index in [0.717, 1.165) is 43.4 Å². The summed E-state index contributed by atoms with van der Waals surface area (Å²) in [4.78, 5) is 8.92. The molecule has 0 saturated carbocycles. The molecule has 0 bridgehead atoms. The van der Waals surface area contributed by atoms with Crippen molar-refractivity contribution in [1.29, 1.82) is 0 Å². The second kappa shape index (κ2) is 6.47. The van der Waals surface area contributed by atoms with Gasteiger partial charge in [-0.05, 0) is 55.5 Å². The highest BCUT2D eigenvalue weighted by molar-refractivity contribution is 5.54. The molecule has 4 rings (SSSR count). The molecule has 1 aliphatic rings. The van der Waals surface area contributed by atoms with E-state index in [2.05, 4.69) is 44.1 Å². The third-order valence-corrected chi connectivity index (χ3v) is 4.67. The number of aromatic hydroxyl groups is 1. The van der Waals surface area contributed by atoms with Gasteiger partial charge in [0.1, 0.15) is 17.9 Å². The van der Waals surface area contributed by atoms with E-state index in [-0.39, 0.29) is 0 Å². The lowest BCUT2D eigenvalue weighted by Crippen LogP contribution is -2.46. The first-order valence-electron chi connectivity index (χ1n) is 8.47. The smallest absolute Gasteiger partial charge is 0.138 e. The number of aromatic nitrogens is 3. The van der Waals surface area contributed by atoms with Crippen molar-refractivity contribution in [2.75, 3.05) is 36.0 Å². The Labute approximate surface area is 147 Å². The molecule has 128 valence electrons. The van der Waals surface area contributed by atoms with E-state index < -0.39 is 0 Å². The van der Waals surface area contributed by atoms with Gasteiger partial charge in [-0.1, -0.05) is 0 Å². The average molecular weight is 335 g/mol. The van der Waals surface area contributed by atoms with Crippen LogP contribution in [0.4, 0.5) is 11.4 Å². The van der Waals surface area contributed by atoms with Crippen LogP contribution in [0.25, 0.3) is 5.69 Å². The second-order valence-electron chi connectivity index (χ2n) is 6.23. The van der Waals surface area contributed by atoms with Crippen LogP contribution in [-0.4, -0.2) is 46.1 Å².